The van der Waals surface area contributed by atoms with Gasteiger partial charge in [-0.05, 0) is 13.8 Å². The van der Waals surface area contributed by atoms with E-state index in [1.54, 1.807) is 31.1 Å². The van der Waals surface area contributed by atoms with Crippen molar-refractivity contribution < 1.29 is 14.1 Å². The first-order chi connectivity index (χ1) is 11.1. The second kappa shape index (κ2) is 6.23. The van der Waals surface area contributed by atoms with Crippen molar-refractivity contribution in [3.63, 3.8) is 0 Å². The van der Waals surface area contributed by atoms with Gasteiger partial charge in [0, 0.05) is 44.0 Å². The van der Waals surface area contributed by atoms with Crippen molar-refractivity contribution in [3.05, 3.63) is 29.3 Å². The average molecular weight is 317 g/mol. The first-order valence-corrected chi connectivity index (χ1v) is 7.44. The Kier molecular flexibility index (Phi) is 4.14. The van der Waals surface area contributed by atoms with E-state index in [1.807, 2.05) is 11.8 Å². The molecule has 0 saturated carbocycles. The standard InChI is InChI=1S/C15H19N5O3/c1-10-9-13(22-3)17-15(16-10)20-6-4-19(5-7-20)14(21)12-8-11(2)18-23-12/h8-9H,4-7H2,1-3H3. The number of carbonyl (C=O) groups is 1. The van der Waals surface area contributed by atoms with Crippen LogP contribution in [0.15, 0.2) is 16.7 Å². The Bertz CT molecular complexity index is 707. The van der Waals surface area contributed by atoms with Gasteiger partial charge in [-0.25, -0.2) is 4.98 Å². The van der Waals surface area contributed by atoms with Crippen molar-refractivity contribution in [2.75, 3.05) is 38.2 Å². The molecule has 2 aromatic heterocycles. The number of ether oxygens (including phenoxy) is 1. The van der Waals surface area contributed by atoms with Crippen LogP contribution >= 0.6 is 0 Å². The van der Waals surface area contributed by atoms with Crippen molar-refractivity contribution in [2.45, 2.75) is 13.8 Å². The molecule has 0 spiro atoms. The Hall–Kier alpha value is -2.64. The van der Waals surface area contributed by atoms with Crippen molar-refractivity contribution in [2.24, 2.45) is 0 Å². The third-order valence-corrected chi connectivity index (χ3v) is 3.72. The van der Waals surface area contributed by atoms with E-state index in [0.717, 1.165) is 5.69 Å². The van der Waals surface area contributed by atoms with E-state index in [2.05, 4.69) is 15.1 Å². The number of piperazine rings is 1. The molecule has 3 rings (SSSR count). The number of hydrogen-bond donors (Lipinski definition) is 0. The van der Waals surface area contributed by atoms with Crippen molar-refractivity contribution in [3.8, 4) is 5.88 Å². The molecule has 1 amide bonds. The maximum atomic E-state index is 12.3. The highest BCUT2D eigenvalue weighted by Crippen LogP contribution is 2.17. The molecule has 23 heavy (non-hydrogen) atoms. The maximum Gasteiger partial charge on any atom is 0.292 e. The van der Waals surface area contributed by atoms with E-state index in [-0.39, 0.29) is 11.7 Å². The van der Waals surface area contributed by atoms with E-state index in [0.29, 0.717) is 43.7 Å². The Morgan fingerprint density at radius 2 is 1.87 bits per heavy atom. The first-order valence-electron chi connectivity index (χ1n) is 7.44. The van der Waals surface area contributed by atoms with Crippen LogP contribution in [-0.2, 0) is 0 Å². The van der Waals surface area contributed by atoms with E-state index in [4.69, 9.17) is 9.26 Å². The molecule has 0 bridgehead atoms. The Morgan fingerprint density at radius 3 is 2.48 bits per heavy atom. The monoisotopic (exact) mass is 317 g/mol. The fraction of sp³-hybridized carbons (Fsp3) is 0.467. The normalized spacial score (nSPS) is 14.9. The third kappa shape index (κ3) is 3.25. The maximum absolute atomic E-state index is 12.3. The van der Waals surface area contributed by atoms with Crippen LogP contribution in [0.4, 0.5) is 5.95 Å². The summed E-state index contributed by atoms with van der Waals surface area (Å²) in [5.41, 5.74) is 1.55. The molecule has 1 fully saturated rings. The molecular formula is C15H19N5O3. The molecular weight excluding hydrogens is 298 g/mol. The van der Waals surface area contributed by atoms with Gasteiger partial charge in [-0.1, -0.05) is 5.16 Å². The van der Waals surface area contributed by atoms with Crippen LogP contribution in [0.3, 0.4) is 0 Å². The number of nitrogens with zero attached hydrogens (tertiary/aromatic N) is 5. The lowest BCUT2D eigenvalue weighted by molar-refractivity contribution is 0.0704. The summed E-state index contributed by atoms with van der Waals surface area (Å²) in [6.45, 7) is 6.17. The summed E-state index contributed by atoms with van der Waals surface area (Å²) in [4.78, 5) is 24.9. The topological polar surface area (TPSA) is 84.6 Å². The lowest BCUT2D eigenvalue weighted by Crippen LogP contribution is -2.49. The number of rotatable bonds is 3. The molecule has 0 radical (unpaired) electrons. The van der Waals surface area contributed by atoms with Gasteiger partial charge >= 0.3 is 0 Å². The number of aromatic nitrogens is 3. The number of methoxy groups -OCH3 is 1. The van der Waals surface area contributed by atoms with E-state index < -0.39 is 0 Å². The first kappa shape index (κ1) is 15.3. The molecule has 2 aromatic rings. The molecule has 1 aliphatic heterocycles. The third-order valence-electron chi connectivity index (χ3n) is 3.72. The van der Waals surface area contributed by atoms with Crippen molar-refractivity contribution in [1.82, 2.24) is 20.0 Å². The van der Waals surface area contributed by atoms with Gasteiger partial charge in [0.1, 0.15) is 0 Å². The minimum atomic E-state index is -0.131. The lowest BCUT2D eigenvalue weighted by atomic mass is 10.3. The molecule has 0 N–H and O–H groups in total. The second-order valence-electron chi connectivity index (χ2n) is 5.46. The Balaban J connectivity index is 1.66. The van der Waals surface area contributed by atoms with Gasteiger partial charge in [-0.15, -0.1) is 0 Å². The number of anilines is 1. The predicted octanol–water partition coefficient (Wildman–Crippen LogP) is 1.05. The van der Waals surface area contributed by atoms with Gasteiger partial charge in [-0.2, -0.15) is 4.98 Å². The molecule has 0 atom stereocenters. The Morgan fingerprint density at radius 1 is 1.13 bits per heavy atom. The fourth-order valence-corrected chi connectivity index (χ4v) is 2.50. The van der Waals surface area contributed by atoms with E-state index in [1.165, 1.54) is 0 Å². The molecule has 8 nitrogen and oxygen atoms in total. The average Bonchev–Trinajstić information content (AvgIpc) is 3.00. The number of hydrogen-bond acceptors (Lipinski definition) is 7. The summed E-state index contributed by atoms with van der Waals surface area (Å²) < 4.78 is 10.2. The summed E-state index contributed by atoms with van der Waals surface area (Å²) in [5.74, 6) is 1.32. The summed E-state index contributed by atoms with van der Waals surface area (Å²) in [6.07, 6.45) is 0. The smallest absolute Gasteiger partial charge is 0.292 e. The molecule has 122 valence electrons. The minimum Gasteiger partial charge on any atom is -0.481 e. The molecule has 8 heteroatoms. The van der Waals surface area contributed by atoms with Gasteiger partial charge < -0.3 is 19.1 Å². The van der Waals surface area contributed by atoms with Gasteiger partial charge in [0.2, 0.25) is 17.6 Å². The molecule has 3 heterocycles. The molecule has 0 aliphatic carbocycles. The van der Waals surface area contributed by atoms with Crippen molar-refractivity contribution in [1.29, 1.82) is 0 Å². The van der Waals surface area contributed by atoms with Crippen LogP contribution in [0, 0.1) is 13.8 Å². The van der Waals surface area contributed by atoms with Gasteiger partial charge in [0.25, 0.3) is 5.91 Å². The lowest BCUT2D eigenvalue weighted by Gasteiger charge is -2.34. The zero-order valence-electron chi connectivity index (χ0n) is 13.4. The zero-order chi connectivity index (χ0) is 16.4. The van der Waals surface area contributed by atoms with Crippen LogP contribution in [0.5, 0.6) is 5.88 Å². The zero-order valence-corrected chi connectivity index (χ0v) is 13.4. The fourth-order valence-electron chi connectivity index (χ4n) is 2.50. The summed E-state index contributed by atoms with van der Waals surface area (Å²) in [6, 6.07) is 3.44. The molecule has 1 saturated heterocycles. The van der Waals surface area contributed by atoms with Crippen LogP contribution in [0.2, 0.25) is 0 Å². The van der Waals surface area contributed by atoms with Crippen LogP contribution in [0.1, 0.15) is 21.9 Å². The number of carbonyl (C=O) groups excluding carboxylic acids is 1. The van der Waals surface area contributed by atoms with Gasteiger partial charge in [-0.3, -0.25) is 4.79 Å². The SMILES string of the molecule is COc1cc(C)nc(N2CCN(C(=O)c3cc(C)no3)CC2)n1. The minimum absolute atomic E-state index is 0.131. The quantitative estimate of drug-likeness (QED) is 0.836. The van der Waals surface area contributed by atoms with Crippen LogP contribution in [-0.4, -0.2) is 59.2 Å². The predicted molar refractivity (Wildman–Crippen MR) is 82.7 cm³/mol. The highest BCUT2D eigenvalue weighted by Gasteiger charge is 2.26. The number of aryl methyl sites for hydroxylation is 2. The van der Waals surface area contributed by atoms with Crippen LogP contribution in [0.25, 0.3) is 0 Å². The highest BCUT2D eigenvalue weighted by atomic mass is 16.5. The Labute approximate surface area is 134 Å². The summed E-state index contributed by atoms with van der Waals surface area (Å²) in [5, 5.41) is 3.76. The number of amides is 1. The van der Waals surface area contributed by atoms with Gasteiger partial charge in [0.05, 0.1) is 12.8 Å². The van der Waals surface area contributed by atoms with E-state index in [9.17, 15) is 4.79 Å². The van der Waals surface area contributed by atoms with E-state index >= 15 is 0 Å². The largest absolute Gasteiger partial charge is 0.481 e. The second-order valence-corrected chi connectivity index (χ2v) is 5.46. The van der Waals surface area contributed by atoms with Gasteiger partial charge in [0.15, 0.2) is 0 Å². The highest BCUT2D eigenvalue weighted by molar-refractivity contribution is 5.91. The van der Waals surface area contributed by atoms with Crippen molar-refractivity contribution >= 4 is 11.9 Å². The molecule has 0 unspecified atom stereocenters. The summed E-state index contributed by atoms with van der Waals surface area (Å²) >= 11 is 0. The molecule has 0 aromatic carbocycles. The van der Waals surface area contributed by atoms with Crippen LogP contribution < -0.4 is 9.64 Å². The molecule has 1 aliphatic rings. The summed E-state index contributed by atoms with van der Waals surface area (Å²) in [7, 11) is 1.58.